The molecule has 6 nitrogen and oxygen atoms in total. The summed E-state index contributed by atoms with van der Waals surface area (Å²) in [6.07, 6.45) is 72.9. The molecule has 0 bridgehead atoms. The highest BCUT2D eigenvalue weighted by molar-refractivity contribution is 5.71. The molecular formula is C65H120O6. The molecule has 71 heavy (non-hydrogen) atoms. The fourth-order valence-corrected chi connectivity index (χ4v) is 9.31. The molecule has 0 spiro atoms. The summed E-state index contributed by atoms with van der Waals surface area (Å²) < 4.78 is 16.9. The molecule has 0 aliphatic rings. The first-order valence-electron chi connectivity index (χ1n) is 31.5. The van der Waals surface area contributed by atoms with E-state index in [2.05, 4.69) is 57.2 Å². The number of unbranched alkanes of at least 4 members (excludes halogenated alkanes) is 41. The van der Waals surface area contributed by atoms with Gasteiger partial charge in [-0.1, -0.05) is 263 Å². The van der Waals surface area contributed by atoms with Gasteiger partial charge in [0.25, 0.3) is 0 Å². The van der Waals surface area contributed by atoms with E-state index in [-0.39, 0.29) is 31.1 Å². The smallest absolute Gasteiger partial charge is 0.306 e. The number of rotatable bonds is 58. The topological polar surface area (TPSA) is 78.9 Å². The molecule has 0 saturated heterocycles. The standard InChI is InChI=1S/C65H120O6/c1-4-7-10-13-16-19-22-25-27-29-31-32-34-35-37-40-43-46-49-52-55-58-64(67)70-61-62(60-69-63(66)57-54-51-48-45-42-39-24-21-18-15-12-9-6-3)71-65(68)59-56-53-50-47-44-41-38-36-33-30-28-26-23-20-17-14-11-8-5-2/h21,24,26,28-29,31,62H,4-20,22-23,25,27,30,32-61H2,1-3H3/b24-21-,28-26-,31-29-. The highest BCUT2D eigenvalue weighted by atomic mass is 16.6. The van der Waals surface area contributed by atoms with Crippen LogP contribution in [0.25, 0.3) is 0 Å². The Labute approximate surface area is 442 Å². The normalized spacial score (nSPS) is 12.2. The minimum atomic E-state index is -0.776. The van der Waals surface area contributed by atoms with E-state index in [1.807, 2.05) is 0 Å². The molecule has 0 aliphatic heterocycles. The Balaban J connectivity index is 4.31. The van der Waals surface area contributed by atoms with Crippen LogP contribution in [0, 0.1) is 0 Å². The number of hydrogen-bond acceptors (Lipinski definition) is 6. The van der Waals surface area contributed by atoms with Crippen LogP contribution in [0.5, 0.6) is 0 Å². The third kappa shape index (κ3) is 58.4. The molecule has 0 amide bonds. The summed E-state index contributed by atoms with van der Waals surface area (Å²) in [6, 6.07) is 0. The third-order valence-electron chi connectivity index (χ3n) is 14.1. The van der Waals surface area contributed by atoms with Crippen LogP contribution in [0.15, 0.2) is 36.5 Å². The van der Waals surface area contributed by atoms with E-state index >= 15 is 0 Å². The zero-order chi connectivity index (χ0) is 51.4. The predicted octanol–water partition coefficient (Wildman–Crippen LogP) is 21.2. The van der Waals surface area contributed by atoms with E-state index in [9.17, 15) is 14.4 Å². The van der Waals surface area contributed by atoms with Crippen molar-refractivity contribution in [3.05, 3.63) is 36.5 Å². The fraction of sp³-hybridized carbons (Fsp3) is 0.862. The summed E-state index contributed by atoms with van der Waals surface area (Å²) in [4.78, 5) is 38.3. The SMILES string of the molecule is CCCCCC/C=C\CCCCCCCC(=O)OCC(COC(=O)CCCCCCCCCCC/C=C\CCCCCCCCCC)OC(=O)CCCCCCCCCCC/C=C\CCCCCCCC. The summed E-state index contributed by atoms with van der Waals surface area (Å²) >= 11 is 0. The predicted molar refractivity (Wildman–Crippen MR) is 307 cm³/mol. The maximum absolute atomic E-state index is 12.9. The van der Waals surface area contributed by atoms with Gasteiger partial charge in [-0.2, -0.15) is 0 Å². The van der Waals surface area contributed by atoms with Crippen molar-refractivity contribution in [1.82, 2.24) is 0 Å². The largest absolute Gasteiger partial charge is 0.462 e. The molecule has 0 radical (unpaired) electrons. The molecule has 0 aromatic rings. The van der Waals surface area contributed by atoms with Crippen molar-refractivity contribution in [2.75, 3.05) is 13.2 Å². The highest BCUT2D eigenvalue weighted by Crippen LogP contribution is 2.17. The van der Waals surface area contributed by atoms with Crippen molar-refractivity contribution in [3.8, 4) is 0 Å². The van der Waals surface area contributed by atoms with Crippen LogP contribution in [-0.4, -0.2) is 37.2 Å². The van der Waals surface area contributed by atoms with Crippen LogP contribution in [-0.2, 0) is 28.6 Å². The van der Waals surface area contributed by atoms with Gasteiger partial charge in [0.05, 0.1) is 0 Å². The Bertz CT molecular complexity index is 1190. The van der Waals surface area contributed by atoms with Crippen LogP contribution < -0.4 is 0 Å². The summed E-state index contributed by atoms with van der Waals surface area (Å²) in [6.45, 7) is 6.66. The molecule has 0 aromatic carbocycles. The molecule has 1 atom stereocenters. The van der Waals surface area contributed by atoms with Crippen LogP contribution >= 0.6 is 0 Å². The van der Waals surface area contributed by atoms with Crippen molar-refractivity contribution in [2.24, 2.45) is 0 Å². The maximum Gasteiger partial charge on any atom is 0.306 e. The number of hydrogen-bond donors (Lipinski definition) is 0. The lowest BCUT2D eigenvalue weighted by Gasteiger charge is -2.18. The van der Waals surface area contributed by atoms with Gasteiger partial charge in [0.15, 0.2) is 6.10 Å². The molecule has 0 saturated carbocycles. The molecule has 0 aliphatic carbocycles. The molecule has 0 N–H and O–H groups in total. The average Bonchev–Trinajstić information content (AvgIpc) is 3.37. The molecule has 416 valence electrons. The van der Waals surface area contributed by atoms with Crippen LogP contribution in [0.1, 0.15) is 342 Å². The van der Waals surface area contributed by atoms with Crippen LogP contribution in [0.2, 0.25) is 0 Å². The summed E-state index contributed by atoms with van der Waals surface area (Å²) in [5, 5.41) is 0. The zero-order valence-corrected chi connectivity index (χ0v) is 47.8. The van der Waals surface area contributed by atoms with Gasteiger partial charge in [0.2, 0.25) is 0 Å². The molecule has 0 rings (SSSR count). The first-order valence-corrected chi connectivity index (χ1v) is 31.5. The Hall–Kier alpha value is -2.37. The van der Waals surface area contributed by atoms with Gasteiger partial charge in [-0.15, -0.1) is 0 Å². The minimum absolute atomic E-state index is 0.0738. The lowest BCUT2D eigenvalue weighted by molar-refractivity contribution is -0.167. The second-order valence-corrected chi connectivity index (χ2v) is 21.3. The monoisotopic (exact) mass is 997 g/mol. The van der Waals surface area contributed by atoms with Gasteiger partial charge < -0.3 is 14.2 Å². The molecule has 0 heterocycles. The second kappa shape index (κ2) is 60.2. The first kappa shape index (κ1) is 68.6. The number of carbonyl (C=O) groups excluding carboxylic acids is 3. The van der Waals surface area contributed by atoms with E-state index in [4.69, 9.17) is 14.2 Å². The van der Waals surface area contributed by atoms with Gasteiger partial charge in [-0.3, -0.25) is 14.4 Å². The minimum Gasteiger partial charge on any atom is -0.462 e. The van der Waals surface area contributed by atoms with E-state index in [0.717, 1.165) is 64.2 Å². The van der Waals surface area contributed by atoms with E-state index in [1.165, 1.54) is 238 Å². The number of carbonyl (C=O) groups is 3. The Morgan fingerprint density at radius 3 is 0.718 bits per heavy atom. The van der Waals surface area contributed by atoms with Gasteiger partial charge in [-0.05, 0) is 96.3 Å². The lowest BCUT2D eigenvalue weighted by Crippen LogP contribution is -2.30. The van der Waals surface area contributed by atoms with E-state index < -0.39 is 6.10 Å². The van der Waals surface area contributed by atoms with Crippen molar-refractivity contribution in [2.45, 2.75) is 348 Å². The Kier molecular flexibility index (Phi) is 58.2. The third-order valence-corrected chi connectivity index (χ3v) is 14.1. The van der Waals surface area contributed by atoms with Gasteiger partial charge in [-0.25, -0.2) is 0 Å². The second-order valence-electron chi connectivity index (χ2n) is 21.3. The van der Waals surface area contributed by atoms with Crippen molar-refractivity contribution >= 4 is 17.9 Å². The van der Waals surface area contributed by atoms with E-state index in [0.29, 0.717) is 19.3 Å². The molecule has 6 heteroatoms. The summed E-state index contributed by atoms with van der Waals surface area (Å²) in [5.74, 6) is -0.867. The van der Waals surface area contributed by atoms with Crippen molar-refractivity contribution in [3.63, 3.8) is 0 Å². The fourth-order valence-electron chi connectivity index (χ4n) is 9.31. The van der Waals surface area contributed by atoms with Crippen LogP contribution in [0.3, 0.4) is 0 Å². The zero-order valence-electron chi connectivity index (χ0n) is 47.8. The van der Waals surface area contributed by atoms with Crippen molar-refractivity contribution < 1.29 is 28.6 Å². The lowest BCUT2D eigenvalue weighted by atomic mass is 10.1. The Morgan fingerprint density at radius 1 is 0.268 bits per heavy atom. The molecule has 0 aromatic heterocycles. The molecular weight excluding hydrogens is 877 g/mol. The van der Waals surface area contributed by atoms with Crippen LogP contribution in [0.4, 0.5) is 0 Å². The van der Waals surface area contributed by atoms with Gasteiger partial charge in [0, 0.05) is 19.3 Å². The highest BCUT2D eigenvalue weighted by Gasteiger charge is 2.19. The molecule has 0 fully saturated rings. The van der Waals surface area contributed by atoms with Gasteiger partial charge in [0.1, 0.15) is 13.2 Å². The Morgan fingerprint density at radius 2 is 0.465 bits per heavy atom. The average molecular weight is 998 g/mol. The maximum atomic E-state index is 12.9. The summed E-state index contributed by atoms with van der Waals surface area (Å²) in [5.41, 5.74) is 0. The number of ether oxygens (including phenoxy) is 3. The van der Waals surface area contributed by atoms with E-state index in [1.54, 1.807) is 0 Å². The first-order chi connectivity index (χ1) is 35.0. The van der Waals surface area contributed by atoms with Gasteiger partial charge >= 0.3 is 17.9 Å². The molecule has 1 unspecified atom stereocenters. The number of allylic oxidation sites excluding steroid dienone is 6. The van der Waals surface area contributed by atoms with Crippen molar-refractivity contribution in [1.29, 1.82) is 0 Å². The number of esters is 3. The summed E-state index contributed by atoms with van der Waals surface area (Å²) in [7, 11) is 0. The quantitative estimate of drug-likeness (QED) is 0.0261.